The molecule has 0 radical (unpaired) electrons. The highest BCUT2D eigenvalue weighted by atomic mass is 35.5. The highest BCUT2D eigenvalue weighted by Gasteiger charge is 2.26. The molecular weight excluding hydrogens is 321 g/mol. The summed E-state index contributed by atoms with van der Waals surface area (Å²) in [6.07, 6.45) is 1.89. The maximum Gasteiger partial charge on any atom is 0.254 e. The monoisotopic (exact) mass is 338 g/mol. The predicted molar refractivity (Wildman–Crippen MR) is 77.8 cm³/mol. The van der Waals surface area contributed by atoms with Gasteiger partial charge in [0.25, 0.3) is 5.91 Å². The second kappa shape index (κ2) is 7.69. The number of amides is 1. The standard InChI is InChI=1S/C14H17F3N2O2.ClH/c1-7(8-3-2-4-18-6-8)19-14(21)9-5-10(15)12(17)13(20)11(9)16;/h5,7-8,18,20H,2-4,6H2,1H3,(H,19,21);1H. The number of carbonyl (C=O) groups is 1. The Kier molecular flexibility index (Phi) is 6.49. The number of carbonyl (C=O) groups excluding carboxylic acids is 1. The van der Waals surface area contributed by atoms with E-state index in [0.29, 0.717) is 6.07 Å². The van der Waals surface area contributed by atoms with Crippen molar-refractivity contribution in [3.05, 3.63) is 29.1 Å². The topological polar surface area (TPSA) is 61.4 Å². The molecule has 124 valence electrons. The number of hydrogen-bond donors (Lipinski definition) is 3. The first-order chi connectivity index (χ1) is 9.91. The van der Waals surface area contributed by atoms with Crippen molar-refractivity contribution in [2.75, 3.05) is 13.1 Å². The van der Waals surface area contributed by atoms with E-state index in [4.69, 9.17) is 5.11 Å². The quantitative estimate of drug-likeness (QED) is 0.741. The Morgan fingerprint density at radius 2 is 2.09 bits per heavy atom. The summed E-state index contributed by atoms with van der Waals surface area (Å²) in [7, 11) is 0. The first-order valence-electron chi connectivity index (χ1n) is 6.79. The van der Waals surface area contributed by atoms with Crippen molar-refractivity contribution in [1.82, 2.24) is 10.6 Å². The van der Waals surface area contributed by atoms with Gasteiger partial charge in [-0.25, -0.2) is 8.78 Å². The van der Waals surface area contributed by atoms with Crippen molar-refractivity contribution in [1.29, 1.82) is 0 Å². The normalized spacial score (nSPS) is 19.2. The Hall–Kier alpha value is -1.47. The zero-order valence-corrected chi connectivity index (χ0v) is 12.8. The minimum Gasteiger partial charge on any atom is -0.503 e. The van der Waals surface area contributed by atoms with Crippen LogP contribution < -0.4 is 10.6 Å². The van der Waals surface area contributed by atoms with Crippen LogP contribution in [-0.4, -0.2) is 30.1 Å². The number of phenolic OH excluding ortho intramolecular Hbond substituents is 1. The molecular formula is C14H18ClF3N2O2. The van der Waals surface area contributed by atoms with Crippen LogP contribution in [0.5, 0.6) is 5.75 Å². The minimum absolute atomic E-state index is 0. The first-order valence-corrected chi connectivity index (χ1v) is 6.79. The van der Waals surface area contributed by atoms with Crippen molar-refractivity contribution in [2.45, 2.75) is 25.8 Å². The summed E-state index contributed by atoms with van der Waals surface area (Å²) >= 11 is 0. The first kappa shape index (κ1) is 18.6. The summed E-state index contributed by atoms with van der Waals surface area (Å²) in [6.45, 7) is 3.42. The van der Waals surface area contributed by atoms with E-state index < -0.39 is 34.7 Å². The molecule has 1 aliphatic rings. The van der Waals surface area contributed by atoms with E-state index in [1.807, 2.05) is 0 Å². The molecule has 2 unspecified atom stereocenters. The maximum absolute atomic E-state index is 13.7. The van der Waals surface area contributed by atoms with E-state index in [-0.39, 0.29) is 24.4 Å². The van der Waals surface area contributed by atoms with Gasteiger partial charge in [0.2, 0.25) is 5.82 Å². The van der Waals surface area contributed by atoms with Crippen LogP contribution in [0.25, 0.3) is 0 Å². The molecule has 0 saturated carbocycles. The van der Waals surface area contributed by atoms with Crippen molar-refractivity contribution < 1.29 is 23.1 Å². The molecule has 2 atom stereocenters. The lowest BCUT2D eigenvalue weighted by Gasteiger charge is -2.29. The number of phenols is 1. The molecule has 1 heterocycles. The molecule has 0 spiro atoms. The van der Waals surface area contributed by atoms with E-state index >= 15 is 0 Å². The molecule has 2 rings (SSSR count). The van der Waals surface area contributed by atoms with Crippen LogP contribution in [0.3, 0.4) is 0 Å². The highest BCUT2D eigenvalue weighted by Crippen LogP contribution is 2.26. The second-order valence-electron chi connectivity index (χ2n) is 5.25. The molecule has 4 nitrogen and oxygen atoms in total. The van der Waals surface area contributed by atoms with Crippen LogP contribution in [0, 0.1) is 23.4 Å². The molecule has 1 amide bonds. The van der Waals surface area contributed by atoms with Gasteiger partial charge < -0.3 is 15.7 Å². The lowest BCUT2D eigenvalue weighted by atomic mass is 9.92. The summed E-state index contributed by atoms with van der Waals surface area (Å²) in [4.78, 5) is 12.0. The molecule has 22 heavy (non-hydrogen) atoms. The third-order valence-corrected chi connectivity index (χ3v) is 3.78. The van der Waals surface area contributed by atoms with Crippen LogP contribution >= 0.6 is 12.4 Å². The molecule has 1 aromatic carbocycles. The molecule has 0 aromatic heterocycles. The third-order valence-electron chi connectivity index (χ3n) is 3.78. The van der Waals surface area contributed by atoms with E-state index in [2.05, 4.69) is 10.6 Å². The molecule has 3 N–H and O–H groups in total. The second-order valence-corrected chi connectivity index (χ2v) is 5.25. The van der Waals surface area contributed by atoms with Crippen molar-refractivity contribution in [3.8, 4) is 5.75 Å². The van der Waals surface area contributed by atoms with Crippen molar-refractivity contribution in [2.24, 2.45) is 5.92 Å². The van der Waals surface area contributed by atoms with Gasteiger partial charge in [0, 0.05) is 6.04 Å². The van der Waals surface area contributed by atoms with E-state index in [1.165, 1.54) is 0 Å². The number of halogens is 4. The number of nitrogens with one attached hydrogen (secondary N) is 2. The minimum atomic E-state index is -1.70. The van der Waals surface area contributed by atoms with Gasteiger partial charge >= 0.3 is 0 Å². The van der Waals surface area contributed by atoms with Crippen LogP contribution in [0.2, 0.25) is 0 Å². The Bertz CT molecular complexity index is 551. The average Bonchev–Trinajstić information content (AvgIpc) is 2.49. The highest BCUT2D eigenvalue weighted by molar-refractivity contribution is 5.95. The van der Waals surface area contributed by atoms with Crippen LogP contribution in [0.1, 0.15) is 30.1 Å². The van der Waals surface area contributed by atoms with E-state index in [1.54, 1.807) is 6.92 Å². The lowest BCUT2D eigenvalue weighted by molar-refractivity contribution is 0.0916. The van der Waals surface area contributed by atoms with Gasteiger partial charge in [0.1, 0.15) is 0 Å². The van der Waals surface area contributed by atoms with Crippen LogP contribution in [0.4, 0.5) is 13.2 Å². The molecule has 1 aromatic rings. The summed E-state index contributed by atoms with van der Waals surface area (Å²) in [5.41, 5.74) is -0.706. The Balaban J connectivity index is 0.00000242. The Morgan fingerprint density at radius 1 is 1.41 bits per heavy atom. The van der Waals surface area contributed by atoms with Gasteiger partial charge in [-0.1, -0.05) is 0 Å². The fourth-order valence-electron chi connectivity index (χ4n) is 2.46. The third kappa shape index (κ3) is 3.84. The summed E-state index contributed by atoms with van der Waals surface area (Å²) in [6, 6.07) is 0.200. The lowest BCUT2D eigenvalue weighted by Crippen LogP contribution is -2.44. The van der Waals surface area contributed by atoms with Crippen molar-refractivity contribution in [3.63, 3.8) is 0 Å². The molecule has 0 bridgehead atoms. The predicted octanol–water partition coefficient (Wildman–Crippen LogP) is 2.35. The zero-order valence-electron chi connectivity index (χ0n) is 12.0. The van der Waals surface area contributed by atoms with Crippen molar-refractivity contribution >= 4 is 18.3 Å². The van der Waals surface area contributed by atoms with Gasteiger partial charge in [0.05, 0.1) is 5.56 Å². The number of hydrogen-bond acceptors (Lipinski definition) is 3. The molecule has 1 saturated heterocycles. The maximum atomic E-state index is 13.7. The van der Waals surface area contributed by atoms with E-state index in [0.717, 1.165) is 25.9 Å². The summed E-state index contributed by atoms with van der Waals surface area (Å²) in [5.74, 6) is -6.79. The SMILES string of the molecule is CC(NC(=O)c1cc(F)c(F)c(O)c1F)C1CCCNC1.Cl. The Labute approximate surface area is 132 Å². The number of piperidine rings is 1. The van der Waals surface area contributed by atoms with E-state index in [9.17, 15) is 18.0 Å². The smallest absolute Gasteiger partial charge is 0.254 e. The van der Waals surface area contributed by atoms with Crippen LogP contribution in [0.15, 0.2) is 6.07 Å². The molecule has 0 aliphatic carbocycles. The largest absolute Gasteiger partial charge is 0.503 e. The molecule has 1 aliphatic heterocycles. The summed E-state index contributed by atoms with van der Waals surface area (Å²) < 4.78 is 39.8. The van der Waals surface area contributed by atoms with Crippen LogP contribution in [-0.2, 0) is 0 Å². The number of aromatic hydroxyl groups is 1. The van der Waals surface area contributed by atoms with Gasteiger partial charge in [0.15, 0.2) is 17.4 Å². The average molecular weight is 339 g/mol. The Morgan fingerprint density at radius 3 is 2.68 bits per heavy atom. The zero-order chi connectivity index (χ0) is 15.6. The fourth-order valence-corrected chi connectivity index (χ4v) is 2.46. The van der Waals surface area contributed by atoms with Gasteiger partial charge in [-0.05, 0) is 44.8 Å². The molecule has 1 fully saturated rings. The van der Waals surface area contributed by atoms with Gasteiger partial charge in [-0.2, -0.15) is 4.39 Å². The summed E-state index contributed by atoms with van der Waals surface area (Å²) in [5, 5.41) is 14.9. The fraction of sp³-hybridized carbons (Fsp3) is 0.500. The van der Waals surface area contributed by atoms with Gasteiger partial charge in [-0.3, -0.25) is 4.79 Å². The molecule has 8 heteroatoms. The number of rotatable bonds is 3. The van der Waals surface area contributed by atoms with Gasteiger partial charge in [-0.15, -0.1) is 12.4 Å². The number of benzene rings is 1.